The molecule has 156 valence electrons. The van der Waals surface area contributed by atoms with Crippen LogP contribution >= 0.6 is 0 Å². The van der Waals surface area contributed by atoms with E-state index in [0.717, 1.165) is 64.2 Å². The highest BCUT2D eigenvalue weighted by molar-refractivity contribution is 5.77. The molecule has 0 aliphatic carbocycles. The molecule has 1 heterocycles. The van der Waals surface area contributed by atoms with E-state index in [1.54, 1.807) is 0 Å². The molecule has 6 nitrogen and oxygen atoms in total. The van der Waals surface area contributed by atoms with Crippen LogP contribution in [0.2, 0.25) is 0 Å². The second-order valence-corrected chi connectivity index (χ2v) is 7.53. The molecule has 0 radical (unpaired) electrons. The molecule has 0 spiro atoms. The maximum absolute atomic E-state index is 12.1. The van der Waals surface area contributed by atoms with E-state index in [9.17, 15) is 9.90 Å². The zero-order valence-electron chi connectivity index (χ0n) is 17.6. The number of rotatable bonds is 13. The predicted octanol–water partition coefficient (Wildman–Crippen LogP) is 1.34. The molecule has 1 amide bonds. The van der Waals surface area contributed by atoms with E-state index < -0.39 is 6.10 Å². The molecule has 2 N–H and O–H groups in total. The highest BCUT2D eigenvalue weighted by Crippen LogP contribution is 2.06. The molecule has 1 saturated heterocycles. The molecule has 1 aliphatic rings. The van der Waals surface area contributed by atoms with Crippen LogP contribution in [0.3, 0.4) is 0 Å². The summed E-state index contributed by atoms with van der Waals surface area (Å²) >= 11 is 0. The van der Waals surface area contributed by atoms with Crippen LogP contribution in [-0.4, -0.2) is 97.8 Å². The van der Waals surface area contributed by atoms with E-state index in [1.807, 2.05) is 12.2 Å². The van der Waals surface area contributed by atoms with Crippen LogP contribution in [0.4, 0.5) is 0 Å². The lowest BCUT2D eigenvalue weighted by Crippen LogP contribution is -2.44. The van der Waals surface area contributed by atoms with E-state index in [4.69, 9.17) is 0 Å². The first-order valence-electron chi connectivity index (χ1n) is 10.4. The van der Waals surface area contributed by atoms with Crippen molar-refractivity contribution in [3.05, 3.63) is 24.3 Å². The first-order valence-corrected chi connectivity index (χ1v) is 10.4. The van der Waals surface area contributed by atoms with Gasteiger partial charge >= 0.3 is 0 Å². The van der Waals surface area contributed by atoms with Gasteiger partial charge in [0.05, 0.1) is 6.10 Å². The molecule has 0 aromatic carbocycles. The molecule has 27 heavy (non-hydrogen) atoms. The summed E-state index contributed by atoms with van der Waals surface area (Å²) in [5, 5.41) is 13.0. The summed E-state index contributed by atoms with van der Waals surface area (Å²) in [6, 6.07) is 0. The number of nitrogens with zero attached hydrogens (tertiary/aromatic N) is 3. The lowest BCUT2D eigenvalue weighted by molar-refractivity contribution is -0.120. The van der Waals surface area contributed by atoms with E-state index in [1.165, 1.54) is 0 Å². The van der Waals surface area contributed by atoms with Crippen LogP contribution in [0.15, 0.2) is 24.3 Å². The summed E-state index contributed by atoms with van der Waals surface area (Å²) in [7, 11) is 2.14. The third-order valence-electron chi connectivity index (χ3n) is 4.90. The van der Waals surface area contributed by atoms with Gasteiger partial charge in [-0.1, -0.05) is 32.6 Å². The van der Waals surface area contributed by atoms with Crippen LogP contribution in [0.5, 0.6) is 0 Å². The van der Waals surface area contributed by atoms with Gasteiger partial charge in [0, 0.05) is 52.2 Å². The van der Waals surface area contributed by atoms with Gasteiger partial charge in [0.25, 0.3) is 0 Å². The van der Waals surface area contributed by atoms with Crippen molar-refractivity contribution in [3.63, 3.8) is 0 Å². The Morgan fingerprint density at radius 3 is 2.41 bits per heavy atom. The van der Waals surface area contributed by atoms with Crippen molar-refractivity contribution in [2.75, 3.05) is 66.0 Å². The Labute approximate surface area is 165 Å². The number of aliphatic hydroxyl groups is 1. The Hall–Kier alpha value is -1.21. The number of hydrogen-bond acceptors (Lipinski definition) is 5. The van der Waals surface area contributed by atoms with Crippen molar-refractivity contribution in [3.8, 4) is 0 Å². The Balaban J connectivity index is 2.32. The summed E-state index contributed by atoms with van der Waals surface area (Å²) in [6.07, 6.45) is 5.74. The van der Waals surface area contributed by atoms with E-state index in [-0.39, 0.29) is 5.91 Å². The predicted molar refractivity (Wildman–Crippen MR) is 113 cm³/mol. The highest BCUT2D eigenvalue weighted by Gasteiger charge is 2.14. The van der Waals surface area contributed by atoms with Crippen LogP contribution < -0.4 is 5.32 Å². The van der Waals surface area contributed by atoms with Crippen molar-refractivity contribution in [2.24, 2.45) is 0 Å². The summed E-state index contributed by atoms with van der Waals surface area (Å²) in [4.78, 5) is 19.1. The van der Waals surface area contributed by atoms with Crippen LogP contribution in [0.1, 0.15) is 33.1 Å². The van der Waals surface area contributed by atoms with E-state index >= 15 is 0 Å². The number of amides is 1. The highest BCUT2D eigenvalue weighted by atomic mass is 16.3. The van der Waals surface area contributed by atoms with Gasteiger partial charge in [-0.3, -0.25) is 9.69 Å². The summed E-state index contributed by atoms with van der Waals surface area (Å²) < 4.78 is 0. The molecule has 1 aliphatic heterocycles. The van der Waals surface area contributed by atoms with Crippen molar-refractivity contribution in [1.82, 2.24) is 20.0 Å². The van der Waals surface area contributed by atoms with Crippen molar-refractivity contribution >= 4 is 5.91 Å². The molecule has 0 saturated carbocycles. The van der Waals surface area contributed by atoms with Gasteiger partial charge in [-0.2, -0.15) is 0 Å². The Kier molecular flexibility index (Phi) is 12.3. The molecule has 6 heteroatoms. The van der Waals surface area contributed by atoms with Gasteiger partial charge in [0.1, 0.15) is 0 Å². The first kappa shape index (κ1) is 23.8. The smallest absolute Gasteiger partial charge is 0.223 e. The molecule has 0 bridgehead atoms. The Bertz CT molecular complexity index is 453. The molecule has 1 fully saturated rings. The minimum Gasteiger partial charge on any atom is -0.390 e. The van der Waals surface area contributed by atoms with Crippen LogP contribution in [0.25, 0.3) is 0 Å². The lowest BCUT2D eigenvalue weighted by atomic mass is 10.1. The van der Waals surface area contributed by atoms with E-state index in [0.29, 0.717) is 19.5 Å². The van der Waals surface area contributed by atoms with Crippen LogP contribution in [-0.2, 0) is 4.79 Å². The normalized spacial score (nSPS) is 17.9. The molecular weight excluding hydrogens is 340 g/mol. The second-order valence-electron chi connectivity index (χ2n) is 7.53. The minimum atomic E-state index is -0.528. The number of carbonyl (C=O) groups excluding carboxylic acids is 1. The minimum absolute atomic E-state index is 0.0516. The van der Waals surface area contributed by atoms with Gasteiger partial charge in [0.2, 0.25) is 5.91 Å². The first-order chi connectivity index (χ1) is 13.0. The number of hydrogen-bond donors (Lipinski definition) is 2. The fourth-order valence-electron chi connectivity index (χ4n) is 3.29. The standard InChI is InChI=1S/C21H40N4O2/c1-5-10-24(11-6-2)18-20(26)16-22-21(27)9-8-19(7-3)17-25-14-12-23(4)13-15-25/h7-8,20,26H,3,5-6,9-18H2,1-2,4H3,(H,22,27)/b19-8+. The second kappa shape index (κ2) is 13.9. The molecule has 0 aromatic heterocycles. The molecule has 1 atom stereocenters. The van der Waals surface area contributed by atoms with Gasteiger partial charge < -0.3 is 20.2 Å². The SMILES string of the molecule is C=C/C(=C\CC(=O)NCC(O)CN(CCC)CCC)CN1CCN(C)CC1. The largest absolute Gasteiger partial charge is 0.390 e. The monoisotopic (exact) mass is 380 g/mol. The van der Waals surface area contributed by atoms with Crippen molar-refractivity contribution < 1.29 is 9.90 Å². The zero-order chi connectivity index (χ0) is 20.1. The zero-order valence-corrected chi connectivity index (χ0v) is 17.6. The Morgan fingerprint density at radius 1 is 1.22 bits per heavy atom. The molecular formula is C21H40N4O2. The molecule has 0 aromatic rings. The van der Waals surface area contributed by atoms with E-state index in [2.05, 4.69) is 47.5 Å². The average Bonchev–Trinajstić information content (AvgIpc) is 2.65. The fourth-order valence-corrected chi connectivity index (χ4v) is 3.29. The number of carbonyl (C=O) groups is 1. The maximum atomic E-state index is 12.1. The summed E-state index contributed by atoms with van der Waals surface area (Å²) in [6.45, 7) is 16.1. The number of aliphatic hydroxyl groups excluding tert-OH is 1. The summed E-state index contributed by atoms with van der Waals surface area (Å²) in [5.74, 6) is -0.0516. The number of likely N-dealkylation sites (N-methyl/N-ethyl adjacent to an activating group) is 1. The maximum Gasteiger partial charge on any atom is 0.223 e. The molecule has 1 unspecified atom stereocenters. The van der Waals surface area contributed by atoms with Crippen LogP contribution in [0, 0.1) is 0 Å². The number of nitrogens with one attached hydrogen (secondary N) is 1. The van der Waals surface area contributed by atoms with Crippen molar-refractivity contribution in [2.45, 2.75) is 39.2 Å². The van der Waals surface area contributed by atoms with Gasteiger partial charge in [0.15, 0.2) is 0 Å². The average molecular weight is 381 g/mol. The van der Waals surface area contributed by atoms with Gasteiger partial charge in [-0.15, -0.1) is 0 Å². The number of piperazine rings is 1. The van der Waals surface area contributed by atoms with Gasteiger partial charge in [-0.05, 0) is 38.6 Å². The summed E-state index contributed by atoms with van der Waals surface area (Å²) in [5.41, 5.74) is 1.09. The fraction of sp³-hybridized carbons (Fsp3) is 0.762. The quantitative estimate of drug-likeness (QED) is 0.472. The van der Waals surface area contributed by atoms with Crippen molar-refractivity contribution in [1.29, 1.82) is 0 Å². The molecule has 1 rings (SSSR count). The third-order valence-corrected chi connectivity index (χ3v) is 4.90. The lowest BCUT2D eigenvalue weighted by Gasteiger charge is -2.32. The Morgan fingerprint density at radius 2 is 1.85 bits per heavy atom. The van der Waals surface area contributed by atoms with Gasteiger partial charge in [-0.25, -0.2) is 0 Å². The third kappa shape index (κ3) is 10.6. The topological polar surface area (TPSA) is 59.1 Å².